The van der Waals surface area contributed by atoms with Gasteiger partial charge in [0.05, 0.1) is 7.11 Å². The number of hydrogen-bond acceptors (Lipinski definition) is 5. The Bertz CT molecular complexity index is 671. The minimum absolute atomic E-state index is 0.000283. The van der Waals surface area contributed by atoms with Crippen LogP contribution in [0.25, 0.3) is 0 Å². The van der Waals surface area contributed by atoms with Gasteiger partial charge in [0.2, 0.25) is 0 Å². The Balaban J connectivity index is 2.42. The lowest BCUT2D eigenvalue weighted by Gasteiger charge is -2.12. The molecule has 0 aliphatic heterocycles. The Labute approximate surface area is 110 Å². The highest BCUT2D eigenvalue weighted by molar-refractivity contribution is 7.92. The number of nitrogens with zero attached hydrogens (tertiary/aromatic N) is 1. The molecule has 0 saturated heterocycles. The lowest BCUT2D eigenvalue weighted by molar-refractivity contribution is 0.411. The first kappa shape index (κ1) is 13.2. The number of ether oxygens (including phenoxy) is 1. The maximum absolute atomic E-state index is 12.1. The van der Waals surface area contributed by atoms with Gasteiger partial charge >= 0.3 is 0 Å². The van der Waals surface area contributed by atoms with Crippen molar-refractivity contribution in [1.82, 2.24) is 4.98 Å². The van der Waals surface area contributed by atoms with Crippen LogP contribution >= 0.6 is 0 Å². The molecule has 6 nitrogen and oxygen atoms in total. The summed E-state index contributed by atoms with van der Waals surface area (Å²) in [5.41, 5.74) is -0.00569. The van der Waals surface area contributed by atoms with Gasteiger partial charge in [0.15, 0.2) is 0 Å². The summed E-state index contributed by atoms with van der Waals surface area (Å²) in [6.45, 7) is 0. The van der Waals surface area contributed by atoms with Gasteiger partial charge in [-0.25, -0.2) is 8.42 Å². The Kier molecular flexibility index (Phi) is 3.57. The standard InChI is InChI=1S/C12H12N2O4S/c1-18-11-6-2-5-10(15)12(11)14-19(16,17)9-4-3-7-13-8-9/h2-8,14-15H,1H3. The third-order valence-corrected chi connectivity index (χ3v) is 3.74. The fourth-order valence-corrected chi connectivity index (χ4v) is 2.54. The number of phenolic OH excluding ortho intramolecular Hbond substituents is 1. The Hall–Kier alpha value is -2.28. The second kappa shape index (κ2) is 5.15. The zero-order chi connectivity index (χ0) is 13.9. The van der Waals surface area contributed by atoms with E-state index in [9.17, 15) is 13.5 Å². The number of rotatable bonds is 4. The normalized spacial score (nSPS) is 11.0. The minimum atomic E-state index is -3.82. The summed E-state index contributed by atoms with van der Waals surface area (Å²) in [6.07, 6.45) is 2.69. The van der Waals surface area contributed by atoms with Gasteiger partial charge in [-0.3, -0.25) is 9.71 Å². The van der Waals surface area contributed by atoms with Crippen LogP contribution in [0.1, 0.15) is 0 Å². The first-order chi connectivity index (χ1) is 9.04. The summed E-state index contributed by atoms with van der Waals surface area (Å²) in [4.78, 5) is 3.74. The SMILES string of the molecule is COc1cccc(O)c1NS(=O)(=O)c1cccnc1. The molecule has 1 aromatic carbocycles. The molecule has 2 rings (SSSR count). The summed E-state index contributed by atoms with van der Waals surface area (Å²) in [5.74, 6) is 0.0132. The molecule has 0 radical (unpaired) electrons. The third kappa shape index (κ3) is 2.76. The molecule has 1 heterocycles. The molecule has 0 amide bonds. The molecule has 19 heavy (non-hydrogen) atoms. The van der Waals surface area contributed by atoms with Gasteiger partial charge in [-0.2, -0.15) is 0 Å². The number of sulfonamides is 1. The van der Waals surface area contributed by atoms with Crippen LogP contribution in [0.15, 0.2) is 47.6 Å². The molecular formula is C12H12N2O4S. The van der Waals surface area contributed by atoms with Gasteiger partial charge in [0.1, 0.15) is 22.1 Å². The van der Waals surface area contributed by atoms with E-state index in [0.717, 1.165) is 0 Å². The van der Waals surface area contributed by atoms with Gasteiger partial charge in [-0.05, 0) is 24.3 Å². The third-order valence-electron chi connectivity index (χ3n) is 2.41. The zero-order valence-corrected chi connectivity index (χ0v) is 10.9. The molecular weight excluding hydrogens is 268 g/mol. The first-order valence-corrected chi connectivity index (χ1v) is 6.82. The largest absolute Gasteiger partial charge is 0.506 e. The first-order valence-electron chi connectivity index (χ1n) is 5.33. The molecule has 7 heteroatoms. The Morgan fingerprint density at radius 2 is 2.05 bits per heavy atom. The Morgan fingerprint density at radius 3 is 2.68 bits per heavy atom. The van der Waals surface area contributed by atoms with Crippen LogP contribution in [0.2, 0.25) is 0 Å². The summed E-state index contributed by atoms with van der Waals surface area (Å²) in [6, 6.07) is 7.37. The second-order valence-corrected chi connectivity index (χ2v) is 5.33. The van der Waals surface area contributed by atoms with Crippen molar-refractivity contribution in [3.63, 3.8) is 0 Å². The van der Waals surface area contributed by atoms with Crippen LogP contribution < -0.4 is 9.46 Å². The van der Waals surface area contributed by atoms with Crippen LogP contribution in [0.4, 0.5) is 5.69 Å². The summed E-state index contributed by atoms with van der Waals surface area (Å²) in [7, 11) is -2.44. The lowest BCUT2D eigenvalue weighted by atomic mass is 10.3. The zero-order valence-electron chi connectivity index (χ0n) is 10.1. The van der Waals surface area contributed by atoms with Crippen LogP contribution in [-0.2, 0) is 10.0 Å². The van der Waals surface area contributed by atoms with E-state index in [1.165, 1.54) is 37.7 Å². The number of phenols is 1. The number of benzene rings is 1. The van der Waals surface area contributed by atoms with Crippen molar-refractivity contribution >= 4 is 15.7 Å². The van der Waals surface area contributed by atoms with E-state index in [1.807, 2.05) is 0 Å². The van der Waals surface area contributed by atoms with Crippen molar-refractivity contribution in [1.29, 1.82) is 0 Å². The van der Waals surface area contributed by atoms with Crippen LogP contribution in [0, 0.1) is 0 Å². The molecule has 0 unspecified atom stereocenters. The predicted molar refractivity (Wildman–Crippen MR) is 69.7 cm³/mol. The minimum Gasteiger partial charge on any atom is -0.506 e. The summed E-state index contributed by atoms with van der Waals surface area (Å²) in [5, 5.41) is 9.71. The molecule has 0 saturated carbocycles. The maximum atomic E-state index is 12.1. The molecule has 0 fully saturated rings. The average molecular weight is 280 g/mol. The number of methoxy groups -OCH3 is 1. The number of para-hydroxylation sites is 1. The molecule has 0 aliphatic rings. The van der Waals surface area contributed by atoms with Crippen molar-refractivity contribution in [2.45, 2.75) is 4.90 Å². The molecule has 1 aromatic heterocycles. The summed E-state index contributed by atoms with van der Waals surface area (Å²) >= 11 is 0. The van der Waals surface area contributed by atoms with Crippen LogP contribution in [-0.4, -0.2) is 25.6 Å². The molecule has 2 aromatic rings. The average Bonchev–Trinajstić information content (AvgIpc) is 2.42. The highest BCUT2D eigenvalue weighted by Gasteiger charge is 2.18. The van der Waals surface area contributed by atoms with Gasteiger partial charge in [-0.15, -0.1) is 0 Å². The monoisotopic (exact) mass is 280 g/mol. The van der Waals surface area contributed by atoms with Gasteiger partial charge < -0.3 is 9.84 Å². The topological polar surface area (TPSA) is 88.5 Å². The van der Waals surface area contributed by atoms with E-state index >= 15 is 0 Å². The van der Waals surface area contributed by atoms with Crippen LogP contribution in [0.3, 0.4) is 0 Å². The number of anilines is 1. The quantitative estimate of drug-likeness (QED) is 0.830. The lowest BCUT2D eigenvalue weighted by Crippen LogP contribution is -2.13. The predicted octanol–water partition coefficient (Wildman–Crippen LogP) is 1.60. The molecule has 100 valence electrons. The van der Waals surface area contributed by atoms with E-state index in [1.54, 1.807) is 12.1 Å². The van der Waals surface area contributed by atoms with Crippen molar-refractivity contribution in [3.05, 3.63) is 42.7 Å². The highest BCUT2D eigenvalue weighted by Crippen LogP contribution is 2.34. The highest BCUT2D eigenvalue weighted by atomic mass is 32.2. The van der Waals surface area contributed by atoms with Gasteiger partial charge in [-0.1, -0.05) is 6.07 Å². The second-order valence-electron chi connectivity index (χ2n) is 3.65. The van der Waals surface area contributed by atoms with Crippen molar-refractivity contribution in [2.75, 3.05) is 11.8 Å². The molecule has 0 spiro atoms. The van der Waals surface area contributed by atoms with E-state index in [-0.39, 0.29) is 22.1 Å². The van der Waals surface area contributed by atoms with Gasteiger partial charge in [0, 0.05) is 12.4 Å². The summed E-state index contributed by atoms with van der Waals surface area (Å²) < 4.78 is 31.5. The number of hydrogen-bond donors (Lipinski definition) is 2. The fourth-order valence-electron chi connectivity index (χ4n) is 1.49. The molecule has 0 bridgehead atoms. The number of aromatic hydroxyl groups is 1. The van der Waals surface area contributed by atoms with E-state index < -0.39 is 10.0 Å². The molecule has 0 atom stereocenters. The smallest absolute Gasteiger partial charge is 0.263 e. The number of nitrogens with one attached hydrogen (secondary N) is 1. The van der Waals surface area contributed by atoms with Crippen molar-refractivity contribution in [2.24, 2.45) is 0 Å². The Morgan fingerprint density at radius 1 is 1.26 bits per heavy atom. The van der Waals surface area contributed by atoms with E-state index in [4.69, 9.17) is 4.74 Å². The number of pyridine rings is 1. The van der Waals surface area contributed by atoms with E-state index in [2.05, 4.69) is 9.71 Å². The van der Waals surface area contributed by atoms with Crippen molar-refractivity contribution in [3.8, 4) is 11.5 Å². The van der Waals surface area contributed by atoms with E-state index in [0.29, 0.717) is 0 Å². The maximum Gasteiger partial charge on any atom is 0.263 e. The fraction of sp³-hybridized carbons (Fsp3) is 0.0833. The number of aromatic nitrogens is 1. The molecule has 0 aliphatic carbocycles. The molecule has 2 N–H and O–H groups in total. The van der Waals surface area contributed by atoms with Gasteiger partial charge in [0.25, 0.3) is 10.0 Å². The van der Waals surface area contributed by atoms with Crippen molar-refractivity contribution < 1.29 is 18.3 Å². The van der Waals surface area contributed by atoms with Crippen LogP contribution in [0.5, 0.6) is 11.5 Å².